The fraction of sp³-hybridized carbons (Fsp3) is 0.278. The van der Waals surface area contributed by atoms with E-state index in [1.54, 1.807) is 0 Å². The zero-order valence-corrected chi connectivity index (χ0v) is 13.7. The van der Waals surface area contributed by atoms with Crippen molar-refractivity contribution in [1.82, 2.24) is 0 Å². The van der Waals surface area contributed by atoms with Gasteiger partial charge in [-0.3, -0.25) is 0 Å². The summed E-state index contributed by atoms with van der Waals surface area (Å²) in [6, 6.07) is 16.7. The second-order valence-electron chi connectivity index (χ2n) is 6.25. The monoisotopic (exact) mass is 340 g/mol. The molecule has 0 radical (unpaired) electrons. The summed E-state index contributed by atoms with van der Waals surface area (Å²) in [6.45, 7) is 4.59. The van der Waals surface area contributed by atoms with Crippen molar-refractivity contribution in [3.8, 4) is 6.07 Å². The standard InChI is InChI=1S/C18H17BrN2/c1-18(2)10-13-5-3-4-6-14(13)17(18)21-16-8-7-12(11-20)9-15(16)19/h3-9,17,21H,10H2,1-2H3. The first-order valence-electron chi connectivity index (χ1n) is 7.05. The summed E-state index contributed by atoms with van der Waals surface area (Å²) in [5.74, 6) is 0. The van der Waals surface area contributed by atoms with Gasteiger partial charge in [-0.15, -0.1) is 0 Å². The Hall–Kier alpha value is -1.79. The molecule has 2 nitrogen and oxygen atoms in total. The number of halogens is 1. The predicted octanol–water partition coefficient (Wildman–Crippen LogP) is 5.06. The summed E-state index contributed by atoms with van der Waals surface area (Å²) in [6.07, 6.45) is 1.08. The highest BCUT2D eigenvalue weighted by Crippen LogP contribution is 2.47. The minimum atomic E-state index is 0.164. The third-order valence-corrected chi connectivity index (χ3v) is 4.85. The van der Waals surface area contributed by atoms with Crippen LogP contribution in [0.3, 0.4) is 0 Å². The number of hydrogen-bond donors (Lipinski definition) is 1. The average molecular weight is 341 g/mol. The Kier molecular flexibility index (Phi) is 3.51. The fourth-order valence-electron chi connectivity index (χ4n) is 3.12. The van der Waals surface area contributed by atoms with E-state index in [1.807, 2.05) is 18.2 Å². The molecule has 0 heterocycles. The number of nitrogens with one attached hydrogen (secondary N) is 1. The lowest BCUT2D eigenvalue weighted by Crippen LogP contribution is -2.24. The Labute approximate surface area is 133 Å². The molecule has 0 bridgehead atoms. The quantitative estimate of drug-likeness (QED) is 0.829. The van der Waals surface area contributed by atoms with Crippen LogP contribution in [0.25, 0.3) is 0 Å². The summed E-state index contributed by atoms with van der Waals surface area (Å²) in [7, 11) is 0. The average Bonchev–Trinajstić information content (AvgIpc) is 2.71. The minimum absolute atomic E-state index is 0.164. The highest BCUT2D eigenvalue weighted by Gasteiger charge is 2.38. The maximum atomic E-state index is 8.96. The molecule has 0 spiro atoms. The van der Waals surface area contributed by atoms with E-state index in [9.17, 15) is 0 Å². The SMILES string of the molecule is CC1(C)Cc2ccccc2C1Nc1ccc(C#N)cc1Br. The van der Waals surface area contributed by atoms with Crippen molar-refractivity contribution in [2.75, 3.05) is 5.32 Å². The first-order chi connectivity index (χ1) is 10.0. The van der Waals surface area contributed by atoms with Gasteiger partial charge in [0.05, 0.1) is 17.7 Å². The molecule has 0 aliphatic heterocycles. The van der Waals surface area contributed by atoms with Crippen LogP contribution in [-0.4, -0.2) is 0 Å². The topological polar surface area (TPSA) is 35.8 Å². The molecule has 1 N–H and O–H groups in total. The summed E-state index contributed by atoms with van der Waals surface area (Å²) < 4.78 is 0.932. The zero-order chi connectivity index (χ0) is 15.0. The minimum Gasteiger partial charge on any atom is -0.377 e. The molecule has 0 saturated heterocycles. The second-order valence-corrected chi connectivity index (χ2v) is 7.10. The number of fused-ring (bicyclic) bond motifs is 1. The van der Waals surface area contributed by atoms with Gasteiger partial charge in [-0.1, -0.05) is 38.1 Å². The molecule has 21 heavy (non-hydrogen) atoms. The number of rotatable bonds is 2. The molecule has 3 heteroatoms. The molecule has 1 aliphatic carbocycles. The molecule has 1 atom stereocenters. The van der Waals surface area contributed by atoms with Crippen LogP contribution >= 0.6 is 15.9 Å². The van der Waals surface area contributed by atoms with Crippen molar-refractivity contribution in [2.45, 2.75) is 26.3 Å². The van der Waals surface area contributed by atoms with E-state index in [2.05, 4.69) is 65.4 Å². The van der Waals surface area contributed by atoms with Gasteiger partial charge in [-0.25, -0.2) is 0 Å². The molecular weight excluding hydrogens is 324 g/mol. The highest BCUT2D eigenvalue weighted by atomic mass is 79.9. The van der Waals surface area contributed by atoms with Crippen molar-refractivity contribution in [3.63, 3.8) is 0 Å². The van der Waals surface area contributed by atoms with Crippen LogP contribution in [0.2, 0.25) is 0 Å². The van der Waals surface area contributed by atoms with Gasteiger partial charge in [-0.05, 0) is 57.1 Å². The fourth-order valence-corrected chi connectivity index (χ4v) is 3.61. The van der Waals surface area contributed by atoms with Crippen LogP contribution < -0.4 is 5.32 Å². The molecule has 0 amide bonds. The third kappa shape index (κ3) is 2.56. The predicted molar refractivity (Wildman–Crippen MR) is 89.1 cm³/mol. The number of benzene rings is 2. The van der Waals surface area contributed by atoms with Crippen LogP contribution in [-0.2, 0) is 6.42 Å². The van der Waals surface area contributed by atoms with E-state index < -0.39 is 0 Å². The van der Waals surface area contributed by atoms with Crippen molar-refractivity contribution in [3.05, 3.63) is 63.6 Å². The maximum absolute atomic E-state index is 8.96. The Morgan fingerprint density at radius 3 is 2.71 bits per heavy atom. The maximum Gasteiger partial charge on any atom is 0.0992 e. The second kappa shape index (κ2) is 5.20. The molecule has 2 aromatic carbocycles. The van der Waals surface area contributed by atoms with E-state index in [1.165, 1.54) is 11.1 Å². The Balaban J connectivity index is 1.96. The van der Waals surface area contributed by atoms with E-state index >= 15 is 0 Å². The molecule has 0 saturated carbocycles. The third-order valence-electron chi connectivity index (χ3n) is 4.19. The van der Waals surface area contributed by atoms with Crippen molar-refractivity contribution in [2.24, 2.45) is 5.41 Å². The summed E-state index contributed by atoms with van der Waals surface area (Å²) in [5.41, 5.74) is 4.66. The van der Waals surface area contributed by atoms with Gasteiger partial charge in [0.1, 0.15) is 0 Å². The van der Waals surface area contributed by atoms with E-state index in [4.69, 9.17) is 5.26 Å². The summed E-state index contributed by atoms with van der Waals surface area (Å²) in [4.78, 5) is 0. The van der Waals surface area contributed by atoms with Gasteiger partial charge in [-0.2, -0.15) is 5.26 Å². The molecular formula is C18H17BrN2. The number of nitriles is 1. The van der Waals surface area contributed by atoms with E-state index in [0.29, 0.717) is 5.56 Å². The van der Waals surface area contributed by atoms with Gasteiger partial charge in [0.2, 0.25) is 0 Å². The molecule has 0 aromatic heterocycles. The highest BCUT2D eigenvalue weighted by molar-refractivity contribution is 9.10. The largest absolute Gasteiger partial charge is 0.377 e. The van der Waals surface area contributed by atoms with Crippen molar-refractivity contribution < 1.29 is 0 Å². The van der Waals surface area contributed by atoms with Crippen LogP contribution in [0.5, 0.6) is 0 Å². The first-order valence-corrected chi connectivity index (χ1v) is 7.84. The molecule has 3 rings (SSSR count). The number of nitrogens with zero attached hydrogens (tertiary/aromatic N) is 1. The molecule has 1 unspecified atom stereocenters. The summed E-state index contributed by atoms with van der Waals surface area (Å²) in [5, 5.41) is 12.6. The van der Waals surface area contributed by atoms with Crippen LogP contribution in [0, 0.1) is 16.7 Å². The Bertz CT molecular complexity index is 728. The zero-order valence-electron chi connectivity index (χ0n) is 12.2. The molecule has 0 fully saturated rings. The molecule has 2 aromatic rings. The lowest BCUT2D eigenvalue weighted by molar-refractivity contribution is 0.337. The normalized spacial score (nSPS) is 18.9. The number of hydrogen-bond acceptors (Lipinski definition) is 2. The van der Waals surface area contributed by atoms with Crippen LogP contribution in [0.15, 0.2) is 46.9 Å². The van der Waals surface area contributed by atoms with Crippen molar-refractivity contribution >= 4 is 21.6 Å². The van der Waals surface area contributed by atoms with Crippen molar-refractivity contribution in [1.29, 1.82) is 5.26 Å². The van der Waals surface area contributed by atoms with Gasteiger partial charge in [0.15, 0.2) is 0 Å². The number of anilines is 1. The van der Waals surface area contributed by atoms with Gasteiger partial charge in [0, 0.05) is 10.2 Å². The van der Waals surface area contributed by atoms with E-state index in [0.717, 1.165) is 16.6 Å². The van der Waals surface area contributed by atoms with Crippen LogP contribution in [0.4, 0.5) is 5.69 Å². The van der Waals surface area contributed by atoms with Crippen LogP contribution in [0.1, 0.15) is 36.6 Å². The lowest BCUT2D eigenvalue weighted by Gasteiger charge is -2.30. The summed E-state index contributed by atoms with van der Waals surface area (Å²) >= 11 is 3.56. The van der Waals surface area contributed by atoms with E-state index in [-0.39, 0.29) is 11.5 Å². The van der Waals surface area contributed by atoms with Gasteiger partial charge >= 0.3 is 0 Å². The Morgan fingerprint density at radius 2 is 2.00 bits per heavy atom. The smallest absolute Gasteiger partial charge is 0.0992 e. The van der Waals surface area contributed by atoms with Gasteiger partial charge in [0.25, 0.3) is 0 Å². The molecule has 106 valence electrons. The lowest BCUT2D eigenvalue weighted by atomic mass is 9.85. The first kappa shape index (κ1) is 14.2. The Morgan fingerprint density at radius 1 is 1.24 bits per heavy atom. The van der Waals surface area contributed by atoms with Gasteiger partial charge < -0.3 is 5.32 Å². The molecule has 1 aliphatic rings.